The predicted octanol–water partition coefficient (Wildman–Crippen LogP) is 5.68. The molecule has 0 saturated heterocycles. The molecule has 0 bridgehead atoms. The van der Waals surface area contributed by atoms with Crippen molar-refractivity contribution in [3.8, 4) is 16.3 Å². The summed E-state index contributed by atoms with van der Waals surface area (Å²) in [5.74, 6) is 0.796. The van der Waals surface area contributed by atoms with Gasteiger partial charge in [0.2, 0.25) is 5.13 Å². The van der Waals surface area contributed by atoms with Gasteiger partial charge in [-0.2, -0.15) is 0 Å². The number of ether oxygens (including phenoxy) is 1. The number of anilines is 2. The van der Waals surface area contributed by atoms with Crippen molar-refractivity contribution < 1.29 is 9.53 Å². The van der Waals surface area contributed by atoms with E-state index in [0.717, 1.165) is 24.2 Å². The maximum absolute atomic E-state index is 12.1. The fourth-order valence-electron chi connectivity index (χ4n) is 2.27. The smallest absolute Gasteiger partial charge is 0.325 e. The predicted molar refractivity (Wildman–Crippen MR) is 110 cm³/mol. The maximum Gasteiger partial charge on any atom is 0.325 e. The van der Waals surface area contributed by atoms with Crippen LogP contribution in [0.5, 0.6) is 5.75 Å². The Kier molecular flexibility index (Phi) is 6.62. The van der Waals surface area contributed by atoms with Crippen molar-refractivity contribution >= 4 is 39.8 Å². The number of nitrogens with zero attached hydrogens (tertiary/aromatic N) is 2. The number of carbonyl (C=O) groups is 1. The summed E-state index contributed by atoms with van der Waals surface area (Å²) in [4.78, 5) is 12.1. The summed E-state index contributed by atoms with van der Waals surface area (Å²) >= 11 is 7.20. The molecule has 140 valence electrons. The van der Waals surface area contributed by atoms with E-state index in [9.17, 15) is 4.79 Å². The molecule has 27 heavy (non-hydrogen) atoms. The third-order valence-corrected chi connectivity index (χ3v) is 4.70. The number of carbonyl (C=O) groups excluding carboxylic acids is 1. The molecular weight excluding hydrogens is 384 g/mol. The summed E-state index contributed by atoms with van der Waals surface area (Å²) in [5, 5.41) is 15.2. The third-order valence-electron chi connectivity index (χ3n) is 3.58. The van der Waals surface area contributed by atoms with Gasteiger partial charge >= 0.3 is 6.03 Å². The van der Waals surface area contributed by atoms with Gasteiger partial charge in [-0.25, -0.2) is 4.79 Å². The number of nitrogens with one attached hydrogen (secondary N) is 2. The Bertz CT molecular complexity index is 916. The first-order valence-corrected chi connectivity index (χ1v) is 9.74. The molecule has 0 aliphatic rings. The van der Waals surface area contributed by atoms with Crippen LogP contribution in [0, 0.1) is 0 Å². The van der Waals surface area contributed by atoms with Gasteiger partial charge in [-0.15, -0.1) is 10.2 Å². The Labute approximate surface area is 166 Å². The molecule has 0 fully saturated rings. The molecule has 0 aliphatic carbocycles. The van der Waals surface area contributed by atoms with E-state index in [4.69, 9.17) is 16.3 Å². The van der Waals surface area contributed by atoms with Gasteiger partial charge in [0.05, 0.1) is 6.61 Å². The lowest BCUT2D eigenvalue weighted by Gasteiger charge is -2.06. The van der Waals surface area contributed by atoms with Gasteiger partial charge in [0.1, 0.15) is 10.8 Å². The van der Waals surface area contributed by atoms with Crippen molar-refractivity contribution in [1.82, 2.24) is 10.2 Å². The molecule has 1 aromatic heterocycles. The van der Waals surface area contributed by atoms with Gasteiger partial charge in [-0.1, -0.05) is 54.5 Å². The van der Waals surface area contributed by atoms with Crippen molar-refractivity contribution in [3.05, 3.63) is 53.6 Å². The highest BCUT2D eigenvalue weighted by Gasteiger charge is 2.11. The van der Waals surface area contributed by atoms with E-state index < -0.39 is 6.03 Å². The second-order valence-electron chi connectivity index (χ2n) is 5.73. The molecule has 2 amide bonds. The van der Waals surface area contributed by atoms with Crippen LogP contribution in [0.4, 0.5) is 15.6 Å². The van der Waals surface area contributed by atoms with E-state index in [1.807, 2.05) is 24.3 Å². The molecule has 6 nitrogen and oxygen atoms in total. The van der Waals surface area contributed by atoms with E-state index in [2.05, 4.69) is 27.8 Å². The number of benzene rings is 2. The molecule has 2 aromatic carbocycles. The summed E-state index contributed by atoms with van der Waals surface area (Å²) in [6.45, 7) is 2.81. The van der Waals surface area contributed by atoms with Gasteiger partial charge < -0.3 is 10.1 Å². The highest BCUT2D eigenvalue weighted by Crippen LogP contribution is 2.29. The molecule has 0 saturated carbocycles. The lowest BCUT2D eigenvalue weighted by molar-refractivity contribution is 0.262. The molecule has 1 heterocycles. The SMILES string of the molecule is CCCCOc1cccc(-c2nnc(NC(=O)Nc3cccc(Cl)c3)s2)c1. The first kappa shape index (κ1) is 19.1. The highest BCUT2D eigenvalue weighted by atomic mass is 35.5. The molecule has 3 aromatic rings. The Morgan fingerprint density at radius 2 is 2.00 bits per heavy atom. The zero-order chi connectivity index (χ0) is 19.1. The molecule has 0 atom stereocenters. The Hall–Kier alpha value is -2.64. The van der Waals surface area contributed by atoms with Crippen molar-refractivity contribution in [2.75, 3.05) is 17.2 Å². The van der Waals surface area contributed by atoms with Crippen LogP contribution in [-0.2, 0) is 0 Å². The normalized spacial score (nSPS) is 10.4. The molecule has 0 radical (unpaired) electrons. The third kappa shape index (κ3) is 5.67. The lowest BCUT2D eigenvalue weighted by atomic mass is 10.2. The second kappa shape index (κ2) is 9.34. The quantitative estimate of drug-likeness (QED) is 0.498. The van der Waals surface area contributed by atoms with Crippen LogP contribution in [0.25, 0.3) is 10.6 Å². The fraction of sp³-hybridized carbons (Fsp3) is 0.211. The molecule has 0 unspecified atom stereocenters. The molecule has 3 rings (SSSR count). The molecule has 2 N–H and O–H groups in total. The average Bonchev–Trinajstić information content (AvgIpc) is 3.10. The van der Waals surface area contributed by atoms with E-state index in [1.54, 1.807) is 24.3 Å². The van der Waals surface area contributed by atoms with Crippen LogP contribution >= 0.6 is 22.9 Å². The lowest BCUT2D eigenvalue weighted by Crippen LogP contribution is -2.19. The minimum atomic E-state index is -0.406. The summed E-state index contributed by atoms with van der Waals surface area (Å²) in [5.41, 5.74) is 1.49. The Morgan fingerprint density at radius 3 is 2.81 bits per heavy atom. The van der Waals surface area contributed by atoms with Crippen molar-refractivity contribution in [2.24, 2.45) is 0 Å². The van der Waals surface area contributed by atoms with Crippen molar-refractivity contribution in [1.29, 1.82) is 0 Å². The number of urea groups is 1. The van der Waals surface area contributed by atoms with Crippen LogP contribution in [-0.4, -0.2) is 22.8 Å². The van der Waals surface area contributed by atoms with Gasteiger partial charge in [0.15, 0.2) is 0 Å². The first-order chi connectivity index (χ1) is 13.1. The van der Waals surface area contributed by atoms with Gasteiger partial charge in [-0.05, 0) is 36.8 Å². The van der Waals surface area contributed by atoms with Gasteiger partial charge in [0.25, 0.3) is 0 Å². The summed E-state index contributed by atoms with van der Waals surface area (Å²) < 4.78 is 5.72. The number of hydrogen-bond acceptors (Lipinski definition) is 5. The van der Waals surface area contributed by atoms with Gasteiger partial charge in [-0.3, -0.25) is 5.32 Å². The van der Waals surface area contributed by atoms with Crippen LogP contribution in [0.3, 0.4) is 0 Å². The largest absolute Gasteiger partial charge is 0.494 e. The van der Waals surface area contributed by atoms with Crippen LogP contribution in [0.2, 0.25) is 5.02 Å². The second-order valence-corrected chi connectivity index (χ2v) is 7.15. The van der Waals surface area contributed by atoms with Crippen molar-refractivity contribution in [2.45, 2.75) is 19.8 Å². The topological polar surface area (TPSA) is 76.1 Å². The molecule has 8 heteroatoms. The number of unbranched alkanes of at least 4 members (excludes halogenated alkanes) is 1. The number of hydrogen-bond donors (Lipinski definition) is 2. The van der Waals surface area contributed by atoms with Crippen molar-refractivity contribution in [3.63, 3.8) is 0 Å². The van der Waals surface area contributed by atoms with E-state index in [1.165, 1.54) is 11.3 Å². The fourth-order valence-corrected chi connectivity index (χ4v) is 3.19. The highest BCUT2D eigenvalue weighted by molar-refractivity contribution is 7.18. The zero-order valence-electron chi connectivity index (χ0n) is 14.7. The summed E-state index contributed by atoms with van der Waals surface area (Å²) in [6, 6.07) is 14.2. The van der Waals surface area contributed by atoms with E-state index in [-0.39, 0.29) is 0 Å². The number of rotatable bonds is 7. The van der Waals surface area contributed by atoms with Crippen LogP contribution in [0.1, 0.15) is 19.8 Å². The first-order valence-electron chi connectivity index (χ1n) is 8.54. The standard InChI is InChI=1S/C19H19ClN4O2S/c1-2-3-10-26-16-9-4-6-13(11-16)17-23-24-19(27-17)22-18(25)21-15-8-5-7-14(20)12-15/h4-9,11-12H,2-3,10H2,1H3,(H2,21,22,24,25). The number of amides is 2. The summed E-state index contributed by atoms with van der Waals surface area (Å²) in [7, 11) is 0. The molecular formula is C19H19ClN4O2S. The van der Waals surface area contributed by atoms with E-state index >= 15 is 0 Å². The number of halogens is 1. The number of aromatic nitrogens is 2. The summed E-state index contributed by atoms with van der Waals surface area (Å²) in [6.07, 6.45) is 2.10. The zero-order valence-corrected chi connectivity index (χ0v) is 16.3. The van der Waals surface area contributed by atoms with Gasteiger partial charge in [0, 0.05) is 16.3 Å². The van der Waals surface area contributed by atoms with E-state index in [0.29, 0.717) is 27.5 Å². The molecule has 0 spiro atoms. The Morgan fingerprint density at radius 1 is 1.15 bits per heavy atom. The van der Waals surface area contributed by atoms with Crippen LogP contribution in [0.15, 0.2) is 48.5 Å². The Balaban J connectivity index is 1.62. The molecule has 0 aliphatic heterocycles. The minimum Gasteiger partial charge on any atom is -0.494 e. The van der Waals surface area contributed by atoms with Crippen LogP contribution < -0.4 is 15.4 Å². The average molecular weight is 403 g/mol. The monoisotopic (exact) mass is 402 g/mol. The minimum absolute atomic E-state index is 0.404. The maximum atomic E-state index is 12.1.